The molecule has 0 bridgehead atoms. The zero-order chi connectivity index (χ0) is 18.7. The standard InChI is InChI=1S/C18H19ClF3N3O/c19-13-6-8-14(9-7-13)25-16(18(20,21)22)15(11-24-25)17(26)23-10-12-4-2-1-3-5-12/h6-9,11-12H,1-5,10H2,(H,23,26). The van der Waals surface area contributed by atoms with Crippen LogP contribution in [0.15, 0.2) is 30.5 Å². The lowest BCUT2D eigenvalue weighted by molar-refractivity contribution is -0.143. The van der Waals surface area contributed by atoms with Crippen LogP contribution in [-0.4, -0.2) is 22.2 Å². The maximum Gasteiger partial charge on any atom is 0.434 e. The van der Waals surface area contributed by atoms with E-state index in [4.69, 9.17) is 11.6 Å². The van der Waals surface area contributed by atoms with Crippen molar-refractivity contribution in [1.29, 1.82) is 0 Å². The lowest BCUT2D eigenvalue weighted by Crippen LogP contribution is -2.31. The first-order chi connectivity index (χ1) is 12.4. The Kier molecular flexibility index (Phi) is 5.55. The Balaban J connectivity index is 1.84. The number of benzene rings is 1. The van der Waals surface area contributed by atoms with Gasteiger partial charge in [0.25, 0.3) is 5.91 Å². The molecule has 1 heterocycles. The topological polar surface area (TPSA) is 46.9 Å². The minimum atomic E-state index is -4.71. The van der Waals surface area contributed by atoms with Gasteiger partial charge in [0, 0.05) is 11.6 Å². The number of carbonyl (C=O) groups excluding carboxylic acids is 1. The van der Waals surface area contributed by atoms with E-state index in [-0.39, 0.29) is 5.69 Å². The van der Waals surface area contributed by atoms with E-state index >= 15 is 0 Å². The van der Waals surface area contributed by atoms with Gasteiger partial charge in [0.15, 0.2) is 5.69 Å². The summed E-state index contributed by atoms with van der Waals surface area (Å²) in [6.45, 7) is 0.391. The van der Waals surface area contributed by atoms with Crippen LogP contribution >= 0.6 is 11.6 Å². The Hall–Kier alpha value is -2.02. The molecule has 0 unspecified atom stereocenters. The number of halogens is 4. The van der Waals surface area contributed by atoms with Crippen molar-refractivity contribution in [3.05, 3.63) is 46.7 Å². The Morgan fingerprint density at radius 3 is 2.46 bits per heavy atom. The third-order valence-electron chi connectivity index (χ3n) is 4.63. The molecule has 140 valence electrons. The molecule has 26 heavy (non-hydrogen) atoms. The summed E-state index contributed by atoms with van der Waals surface area (Å²) in [5, 5.41) is 6.84. The van der Waals surface area contributed by atoms with Crippen molar-refractivity contribution in [3.63, 3.8) is 0 Å². The molecule has 0 atom stereocenters. The maximum absolute atomic E-state index is 13.6. The smallest absolute Gasteiger partial charge is 0.352 e. The van der Waals surface area contributed by atoms with E-state index < -0.39 is 23.3 Å². The van der Waals surface area contributed by atoms with Crippen molar-refractivity contribution in [2.45, 2.75) is 38.3 Å². The fourth-order valence-electron chi connectivity index (χ4n) is 3.29. The molecular formula is C18H19ClF3N3O. The quantitative estimate of drug-likeness (QED) is 0.817. The third-order valence-corrected chi connectivity index (χ3v) is 4.88. The van der Waals surface area contributed by atoms with Gasteiger partial charge in [-0.25, -0.2) is 4.68 Å². The molecule has 1 aromatic heterocycles. The summed E-state index contributed by atoms with van der Waals surface area (Å²) < 4.78 is 41.5. The van der Waals surface area contributed by atoms with Gasteiger partial charge < -0.3 is 5.32 Å². The summed E-state index contributed by atoms with van der Waals surface area (Å²) in [6, 6.07) is 5.80. The Morgan fingerprint density at radius 1 is 1.19 bits per heavy atom. The summed E-state index contributed by atoms with van der Waals surface area (Å²) in [4.78, 5) is 12.4. The average molecular weight is 386 g/mol. The number of nitrogens with zero attached hydrogens (tertiary/aromatic N) is 2. The Bertz CT molecular complexity index is 765. The monoisotopic (exact) mass is 385 g/mol. The van der Waals surface area contributed by atoms with Gasteiger partial charge in [0.05, 0.1) is 17.4 Å². The van der Waals surface area contributed by atoms with Gasteiger partial charge in [-0.2, -0.15) is 18.3 Å². The van der Waals surface area contributed by atoms with Crippen LogP contribution in [0.25, 0.3) is 5.69 Å². The molecule has 0 saturated heterocycles. The van der Waals surface area contributed by atoms with Crippen molar-refractivity contribution < 1.29 is 18.0 Å². The van der Waals surface area contributed by atoms with E-state index in [9.17, 15) is 18.0 Å². The van der Waals surface area contributed by atoms with Crippen molar-refractivity contribution in [1.82, 2.24) is 15.1 Å². The van der Waals surface area contributed by atoms with Crippen LogP contribution in [0.4, 0.5) is 13.2 Å². The molecule has 8 heteroatoms. The molecule has 3 rings (SSSR count). The first-order valence-corrected chi connectivity index (χ1v) is 8.93. The molecule has 1 saturated carbocycles. The van der Waals surface area contributed by atoms with Crippen molar-refractivity contribution in [2.24, 2.45) is 5.92 Å². The van der Waals surface area contributed by atoms with Crippen LogP contribution in [-0.2, 0) is 6.18 Å². The van der Waals surface area contributed by atoms with E-state index in [1.807, 2.05) is 0 Å². The van der Waals surface area contributed by atoms with E-state index in [1.54, 1.807) is 0 Å². The van der Waals surface area contributed by atoms with E-state index in [1.165, 1.54) is 30.7 Å². The lowest BCUT2D eigenvalue weighted by Gasteiger charge is -2.21. The molecule has 0 radical (unpaired) electrons. The number of rotatable bonds is 4. The number of hydrogen-bond acceptors (Lipinski definition) is 2. The molecule has 1 aromatic carbocycles. The lowest BCUT2D eigenvalue weighted by atomic mass is 9.89. The number of alkyl halides is 3. The molecule has 0 spiro atoms. The zero-order valence-electron chi connectivity index (χ0n) is 14.0. The highest BCUT2D eigenvalue weighted by molar-refractivity contribution is 6.30. The summed E-state index contributed by atoms with van der Waals surface area (Å²) in [7, 11) is 0. The second-order valence-electron chi connectivity index (χ2n) is 6.51. The Labute approximate surface area is 154 Å². The van der Waals surface area contributed by atoms with Crippen molar-refractivity contribution in [3.8, 4) is 5.69 Å². The third kappa shape index (κ3) is 4.20. The van der Waals surface area contributed by atoms with Gasteiger partial charge in [0.1, 0.15) is 0 Å². The number of carbonyl (C=O) groups is 1. The predicted molar refractivity (Wildman–Crippen MR) is 92.5 cm³/mol. The molecule has 0 aliphatic heterocycles. The average Bonchev–Trinajstić information content (AvgIpc) is 3.07. The zero-order valence-corrected chi connectivity index (χ0v) is 14.8. The Morgan fingerprint density at radius 2 is 1.85 bits per heavy atom. The van der Waals surface area contributed by atoms with Gasteiger partial charge >= 0.3 is 6.18 Å². The molecular weight excluding hydrogens is 367 g/mol. The summed E-state index contributed by atoms with van der Waals surface area (Å²) in [5.74, 6) is -0.420. The maximum atomic E-state index is 13.6. The second kappa shape index (κ2) is 7.70. The largest absolute Gasteiger partial charge is 0.434 e. The molecule has 1 aliphatic rings. The van der Waals surface area contributed by atoms with Gasteiger partial charge in [0.2, 0.25) is 0 Å². The van der Waals surface area contributed by atoms with Crippen molar-refractivity contribution >= 4 is 17.5 Å². The normalized spacial score (nSPS) is 15.8. The van der Waals surface area contributed by atoms with Crippen LogP contribution < -0.4 is 5.32 Å². The molecule has 1 N–H and O–H groups in total. The minimum absolute atomic E-state index is 0.188. The van der Waals surface area contributed by atoms with Gasteiger partial charge in [-0.3, -0.25) is 4.79 Å². The van der Waals surface area contributed by atoms with Crippen LogP contribution in [0.2, 0.25) is 5.02 Å². The van der Waals surface area contributed by atoms with Crippen LogP contribution in [0, 0.1) is 5.92 Å². The summed E-state index contributed by atoms with van der Waals surface area (Å²) in [6.07, 6.45) is 1.62. The molecule has 1 aliphatic carbocycles. The van der Waals surface area contributed by atoms with E-state index in [0.717, 1.165) is 36.6 Å². The molecule has 1 fully saturated rings. The van der Waals surface area contributed by atoms with Crippen LogP contribution in [0.1, 0.15) is 48.2 Å². The SMILES string of the molecule is O=C(NCC1CCCCC1)c1cnn(-c2ccc(Cl)cc2)c1C(F)(F)F. The van der Waals surface area contributed by atoms with E-state index in [0.29, 0.717) is 17.5 Å². The highest BCUT2D eigenvalue weighted by Gasteiger charge is 2.40. The molecule has 2 aromatic rings. The fourth-order valence-corrected chi connectivity index (χ4v) is 3.41. The first kappa shape index (κ1) is 18.8. The van der Waals surface area contributed by atoms with Crippen molar-refractivity contribution in [2.75, 3.05) is 6.54 Å². The second-order valence-corrected chi connectivity index (χ2v) is 6.94. The minimum Gasteiger partial charge on any atom is -0.352 e. The molecule has 1 amide bonds. The van der Waals surface area contributed by atoms with Gasteiger partial charge in [-0.05, 0) is 43.0 Å². The predicted octanol–water partition coefficient (Wildman–Crippen LogP) is 4.85. The molecule has 4 nitrogen and oxygen atoms in total. The number of hydrogen-bond donors (Lipinski definition) is 1. The first-order valence-electron chi connectivity index (χ1n) is 8.55. The highest BCUT2D eigenvalue weighted by Crippen LogP contribution is 2.34. The van der Waals surface area contributed by atoms with E-state index in [2.05, 4.69) is 10.4 Å². The summed E-state index contributed by atoms with van der Waals surface area (Å²) in [5.41, 5.74) is -1.36. The van der Waals surface area contributed by atoms with Crippen LogP contribution in [0.5, 0.6) is 0 Å². The van der Waals surface area contributed by atoms with Gasteiger partial charge in [-0.1, -0.05) is 30.9 Å². The number of amides is 1. The number of nitrogens with one attached hydrogen (secondary N) is 1. The summed E-state index contributed by atoms with van der Waals surface area (Å²) >= 11 is 5.78. The van der Waals surface area contributed by atoms with Crippen LogP contribution in [0.3, 0.4) is 0 Å². The fraction of sp³-hybridized carbons (Fsp3) is 0.444. The number of aromatic nitrogens is 2. The van der Waals surface area contributed by atoms with Gasteiger partial charge in [-0.15, -0.1) is 0 Å². The highest BCUT2D eigenvalue weighted by atomic mass is 35.5.